The molecule has 2 heterocycles. The van der Waals surface area contributed by atoms with E-state index in [-0.39, 0.29) is 6.10 Å². The molecule has 1 aliphatic heterocycles. The minimum absolute atomic E-state index is 0.196. The molecule has 1 aromatic heterocycles. The van der Waals surface area contributed by atoms with Gasteiger partial charge in [-0.1, -0.05) is 18.2 Å². The van der Waals surface area contributed by atoms with Crippen LogP contribution in [0.4, 0.5) is 0 Å². The lowest BCUT2D eigenvalue weighted by Gasteiger charge is -2.27. The summed E-state index contributed by atoms with van der Waals surface area (Å²) in [6, 6.07) is 8.53. The molecule has 0 amide bonds. The van der Waals surface area contributed by atoms with E-state index in [0.717, 1.165) is 19.7 Å². The summed E-state index contributed by atoms with van der Waals surface area (Å²) in [7, 11) is 2.12. The van der Waals surface area contributed by atoms with Crippen LogP contribution in [0, 0.1) is 0 Å². The summed E-state index contributed by atoms with van der Waals surface area (Å²) < 4.78 is 11.1. The minimum Gasteiger partial charge on any atom is -0.376 e. The molecule has 1 unspecified atom stereocenters. The molecular weight excluding hydrogens is 240 g/mol. The van der Waals surface area contributed by atoms with Gasteiger partial charge < -0.3 is 14.5 Å². The van der Waals surface area contributed by atoms with Crippen molar-refractivity contribution in [2.24, 2.45) is 0 Å². The Kier molecular flexibility index (Phi) is 3.82. The van der Waals surface area contributed by atoms with Gasteiger partial charge in [0.2, 0.25) is 0 Å². The van der Waals surface area contributed by atoms with Crippen LogP contribution in [0.25, 0.3) is 10.9 Å². The van der Waals surface area contributed by atoms with E-state index in [1.54, 1.807) is 0 Å². The first-order valence-electron chi connectivity index (χ1n) is 6.76. The van der Waals surface area contributed by atoms with Gasteiger partial charge in [0, 0.05) is 24.8 Å². The van der Waals surface area contributed by atoms with Crippen LogP contribution in [-0.4, -0.2) is 49.4 Å². The molecule has 0 radical (unpaired) electrons. The summed E-state index contributed by atoms with van der Waals surface area (Å²) in [4.78, 5) is 5.60. The first-order chi connectivity index (χ1) is 9.33. The average Bonchev–Trinajstić information content (AvgIpc) is 2.89. The Labute approximate surface area is 113 Å². The summed E-state index contributed by atoms with van der Waals surface area (Å²) in [5, 5.41) is 1.27. The molecule has 1 aliphatic rings. The van der Waals surface area contributed by atoms with Crippen LogP contribution >= 0.6 is 0 Å². The van der Waals surface area contributed by atoms with Crippen LogP contribution in [0.1, 0.15) is 5.56 Å². The van der Waals surface area contributed by atoms with E-state index in [1.165, 1.54) is 16.5 Å². The van der Waals surface area contributed by atoms with Crippen molar-refractivity contribution >= 4 is 10.9 Å². The number of nitrogens with zero attached hydrogens (tertiary/aromatic N) is 1. The highest BCUT2D eigenvalue weighted by atomic mass is 16.6. The first kappa shape index (κ1) is 12.7. The van der Waals surface area contributed by atoms with Crippen LogP contribution < -0.4 is 0 Å². The number of likely N-dealkylation sites (N-methyl/N-ethyl adjacent to an activating group) is 1. The van der Waals surface area contributed by atoms with Gasteiger partial charge in [0.25, 0.3) is 0 Å². The molecule has 19 heavy (non-hydrogen) atoms. The van der Waals surface area contributed by atoms with Gasteiger partial charge in [-0.05, 0) is 24.1 Å². The zero-order valence-electron chi connectivity index (χ0n) is 11.3. The molecule has 3 rings (SSSR count). The number of H-pyrrole nitrogens is 1. The minimum atomic E-state index is 0.196. The van der Waals surface area contributed by atoms with Crippen LogP contribution in [0.5, 0.6) is 0 Å². The molecule has 1 fully saturated rings. The van der Waals surface area contributed by atoms with Crippen LogP contribution in [0.15, 0.2) is 30.5 Å². The molecule has 2 aromatic rings. The van der Waals surface area contributed by atoms with E-state index >= 15 is 0 Å². The van der Waals surface area contributed by atoms with Crippen LogP contribution in [0.3, 0.4) is 0 Å². The van der Waals surface area contributed by atoms with Crippen molar-refractivity contribution in [2.75, 3.05) is 33.4 Å². The molecule has 1 saturated heterocycles. The molecule has 4 nitrogen and oxygen atoms in total. The molecule has 4 heteroatoms. The molecule has 1 N–H and O–H groups in total. The lowest BCUT2D eigenvalue weighted by atomic mass is 10.1. The van der Waals surface area contributed by atoms with Crippen LogP contribution in [0.2, 0.25) is 0 Å². The van der Waals surface area contributed by atoms with Crippen molar-refractivity contribution in [3.8, 4) is 0 Å². The average molecular weight is 260 g/mol. The number of nitrogens with one attached hydrogen (secondary N) is 1. The maximum atomic E-state index is 5.68. The fraction of sp³-hybridized carbons (Fsp3) is 0.467. The summed E-state index contributed by atoms with van der Waals surface area (Å²) in [5.41, 5.74) is 2.55. The number of hydrogen-bond donors (Lipinski definition) is 1. The zero-order chi connectivity index (χ0) is 13.1. The summed E-state index contributed by atoms with van der Waals surface area (Å²) >= 11 is 0. The van der Waals surface area contributed by atoms with E-state index in [9.17, 15) is 0 Å². The number of ether oxygens (including phenoxy) is 2. The van der Waals surface area contributed by atoms with E-state index in [1.807, 2.05) is 6.20 Å². The van der Waals surface area contributed by atoms with E-state index in [0.29, 0.717) is 13.2 Å². The molecule has 1 aromatic carbocycles. The standard InChI is InChI=1S/C15H20N2O2/c1-17(10-14-11-18-7-8-19-14)9-13-4-2-3-12-5-6-16-15(12)13/h2-6,14,16H,7-11H2,1H3. The number of para-hydroxylation sites is 1. The van der Waals surface area contributed by atoms with Gasteiger partial charge in [0.15, 0.2) is 0 Å². The van der Waals surface area contributed by atoms with Crippen molar-refractivity contribution in [3.63, 3.8) is 0 Å². The zero-order valence-corrected chi connectivity index (χ0v) is 11.3. The molecular formula is C15H20N2O2. The molecule has 0 spiro atoms. The Hall–Kier alpha value is -1.36. The number of aromatic nitrogens is 1. The van der Waals surface area contributed by atoms with Crippen molar-refractivity contribution in [2.45, 2.75) is 12.6 Å². The number of rotatable bonds is 4. The summed E-state index contributed by atoms with van der Waals surface area (Å²) in [6.07, 6.45) is 2.19. The lowest BCUT2D eigenvalue weighted by Crippen LogP contribution is -2.38. The molecule has 0 bridgehead atoms. The van der Waals surface area contributed by atoms with E-state index in [4.69, 9.17) is 9.47 Å². The van der Waals surface area contributed by atoms with E-state index < -0.39 is 0 Å². The van der Waals surface area contributed by atoms with Crippen molar-refractivity contribution in [3.05, 3.63) is 36.0 Å². The van der Waals surface area contributed by atoms with Crippen LogP contribution in [-0.2, 0) is 16.0 Å². The Morgan fingerprint density at radius 1 is 1.32 bits per heavy atom. The summed E-state index contributed by atoms with van der Waals surface area (Å²) in [5.74, 6) is 0. The number of benzene rings is 1. The fourth-order valence-electron chi connectivity index (χ4n) is 2.63. The second kappa shape index (κ2) is 5.74. The van der Waals surface area contributed by atoms with Crippen molar-refractivity contribution in [1.82, 2.24) is 9.88 Å². The van der Waals surface area contributed by atoms with Crippen molar-refractivity contribution in [1.29, 1.82) is 0 Å². The fourth-order valence-corrected chi connectivity index (χ4v) is 2.63. The lowest BCUT2D eigenvalue weighted by molar-refractivity contribution is -0.0962. The maximum absolute atomic E-state index is 5.68. The highest BCUT2D eigenvalue weighted by molar-refractivity contribution is 5.82. The third-order valence-electron chi connectivity index (χ3n) is 3.51. The van der Waals surface area contributed by atoms with Gasteiger partial charge in [-0.2, -0.15) is 0 Å². The smallest absolute Gasteiger partial charge is 0.0936 e. The van der Waals surface area contributed by atoms with E-state index in [2.05, 4.69) is 41.2 Å². The Bertz CT molecular complexity index is 532. The predicted molar refractivity (Wildman–Crippen MR) is 75.2 cm³/mol. The van der Waals surface area contributed by atoms with Gasteiger partial charge in [0.05, 0.1) is 25.9 Å². The molecule has 0 saturated carbocycles. The molecule has 0 aliphatic carbocycles. The highest BCUT2D eigenvalue weighted by Crippen LogP contribution is 2.18. The largest absolute Gasteiger partial charge is 0.376 e. The van der Waals surface area contributed by atoms with Gasteiger partial charge in [-0.25, -0.2) is 0 Å². The SMILES string of the molecule is CN(Cc1cccc2cc[nH]c12)CC1COCCO1. The first-order valence-corrected chi connectivity index (χ1v) is 6.76. The number of hydrogen-bond acceptors (Lipinski definition) is 3. The Morgan fingerprint density at radius 3 is 3.11 bits per heavy atom. The normalized spacial score (nSPS) is 20.2. The maximum Gasteiger partial charge on any atom is 0.0936 e. The monoisotopic (exact) mass is 260 g/mol. The summed E-state index contributed by atoms with van der Waals surface area (Å²) in [6.45, 7) is 3.96. The van der Waals surface area contributed by atoms with Crippen molar-refractivity contribution < 1.29 is 9.47 Å². The van der Waals surface area contributed by atoms with Gasteiger partial charge in [-0.3, -0.25) is 4.90 Å². The van der Waals surface area contributed by atoms with Gasteiger partial charge >= 0.3 is 0 Å². The molecule has 1 atom stereocenters. The third kappa shape index (κ3) is 2.97. The topological polar surface area (TPSA) is 37.5 Å². The second-order valence-corrected chi connectivity index (χ2v) is 5.12. The highest BCUT2D eigenvalue weighted by Gasteiger charge is 2.16. The third-order valence-corrected chi connectivity index (χ3v) is 3.51. The van der Waals surface area contributed by atoms with Gasteiger partial charge in [0.1, 0.15) is 0 Å². The quantitative estimate of drug-likeness (QED) is 0.914. The predicted octanol–water partition coefficient (Wildman–Crippen LogP) is 2.02. The van der Waals surface area contributed by atoms with Gasteiger partial charge in [-0.15, -0.1) is 0 Å². The number of fused-ring (bicyclic) bond motifs is 1. The Balaban J connectivity index is 1.65. The number of aromatic amines is 1. The molecule has 102 valence electrons. The second-order valence-electron chi connectivity index (χ2n) is 5.12. The Morgan fingerprint density at radius 2 is 2.26 bits per heavy atom.